The van der Waals surface area contributed by atoms with Gasteiger partial charge in [0.05, 0.1) is 13.2 Å². The molecule has 0 spiro atoms. The first-order chi connectivity index (χ1) is 10.7. The number of ether oxygens (including phenoxy) is 2. The van der Waals surface area contributed by atoms with E-state index in [1.54, 1.807) is 0 Å². The zero-order chi connectivity index (χ0) is 17.7. The maximum atomic E-state index is 11.6. The molecule has 8 N–H and O–H groups in total. The van der Waals surface area contributed by atoms with Crippen molar-refractivity contribution >= 4 is 5.78 Å². The minimum atomic E-state index is -2.05. The van der Waals surface area contributed by atoms with E-state index in [9.17, 15) is 30.3 Å². The summed E-state index contributed by atoms with van der Waals surface area (Å²) in [5.41, 5.74) is 0. The van der Waals surface area contributed by atoms with Gasteiger partial charge in [0.15, 0.2) is 12.1 Å². The highest BCUT2D eigenvalue weighted by atomic mass is 16.7. The van der Waals surface area contributed by atoms with Crippen LogP contribution in [-0.4, -0.2) is 115 Å². The van der Waals surface area contributed by atoms with Crippen molar-refractivity contribution in [3.8, 4) is 0 Å². The second-order valence-electron chi connectivity index (χ2n) is 5.16. The Morgan fingerprint density at radius 3 is 2.17 bits per heavy atom. The fourth-order valence-electron chi connectivity index (χ4n) is 1.96. The highest BCUT2D eigenvalue weighted by Gasteiger charge is 2.44. The van der Waals surface area contributed by atoms with E-state index in [-0.39, 0.29) is 0 Å². The summed E-state index contributed by atoms with van der Waals surface area (Å²) in [6.07, 6.45) is -13.5. The van der Waals surface area contributed by atoms with Crippen molar-refractivity contribution in [1.29, 1.82) is 0 Å². The van der Waals surface area contributed by atoms with E-state index in [0.29, 0.717) is 0 Å². The molecule has 1 fully saturated rings. The summed E-state index contributed by atoms with van der Waals surface area (Å²) >= 11 is 0. The number of aliphatic hydroxyl groups excluding tert-OH is 8. The molecule has 0 amide bonds. The third kappa shape index (κ3) is 4.87. The van der Waals surface area contributed by atoms with Crippen LogP contribution < -0.4 is 0 Å². The summed E-state index contributed by atoms with van der Waals surface area (Å²) in [5.74, 6) is -1.08. The molecule has 23 heavy (non-hydrogen) atoms. The molecule has 0 aliphatic carbocycles. The number of Topliss-reactive ketones (excluding diaryl/α,β-unsaturated/α-hetero) is 1. The average Bonchev–Trinajstić information content (AvgIpc) is 2.56. The highest BCUT2D eigenvalue weighted by Crippen LogP contribution is 2.22. The standard InChI is InChI=1S/C12H22O11/c13-1-4(15)7(17)8(18)5(16)3-22-12-11(21)10(20)9(19)6(2-14)23-12/h4,6-15,17-21H,1-3H2/t4-,6-,7-,8-,9-,10+,11-,12?/m1/s1. The molecule has 1 saturated heterocycles. The number of hydrogen-bond acceptors (Lipinski definition) is 11. The smallest absolute Gasteiger partial charge is 0.189 e. The van der Waals surface area contributed by atoms with E-state index in [2.05, 4.69) is 0 Å². The summed E-state index contributed by atoms with van der Waals surface area (Å²) in [6, 6.07) is 0. The Bertz CT molecular complexity index is 376. The fraction of sp³-hybridized carbons (Fsp3) is 0.917. The molecule has 1 unspecified atom stereocenters. The van der Waals surface area contributed by atoms with Crippen molar-refractivity contribution in [3.05, 3.63) is 0 Å². The third-order valence-corrected chi connectivity index (χ3v) is 3.47. The molecule has 1 rings (SSSR count). The first-order valence-electron chi connectivity index (χ1n) is 6.84. The van der Waals surface area contributed by atoms with Crippen LogP contribution in [0.2, 0.25) is 0 Å². The van der Waals surface area contributed by atoms with E-state index in [1.165, 1.54) is 0 Å². The van der Waals surface area contributed by atoms with E-state index in [4.69, 9.17) is 24.8 Å². The van der Waals surface area contributed by atoms with E-state index in [1.807, 2.05) is 0 Å². The zero-order valence-corrected chi connectivity index (χ0v) is 12.0. The van der Waals surface area contributed by atoms with Crippen molar-refractivity contribution in [1.82, 2.24) is 0 Å². The predicted molar refractivity (Wildman–Crippen MR) is 69.8 cm³/mol. The second-order valence-corrected chi connectivity index (χ2v) is 5.16. The zero-order valence-electron chi connectivity index (χ0n) is 12.0. The number of ketones is 1. The SMILES string of the molecule is O=C(COC1O[C@H](CO)[C@@H](O)[C@H](O)[C@H]1O)[C@@H](O)[C@H](O)[C@H](O)CO. The molecule has 1 aliphatic heterocycles. The number of aliphatic hydroxyl groups is 8. The largest absolute Gasteiger partial charge is 0.394 e. The van der Waals surface area contributed by atoms with Gasteiger partial charge in [0, 0.05) is 0 Å². The van der Waals surface area contributed by atoms with E-state index < -0.39 is 74.6 Å². The van der Waals surface area contributed by atoms with Gasteiger partial charge in [-0.25, -0.2) is 0 Å². The normalized spacial score (nSPS) is 35.6. The Morgan fingerprint density at radius 2 is 1.65 bits per heavy atom. The van der Waals surface area contributed by atoms with Crippen LogP contribution in [0.3, 0.4) is 0 Å². The van der Waals surface area contributed by atoms with Crippen LogP contribution in [-0.2, 0) is 14.3 Å². The van der Waals surface area contributed by atoms with Crippen LogP contribution in [0, 0.1) is 0 Å². The lowest BCUT2D eigenvalue weighted by Gasteiger charge is -2.39. The fourth-order valence-corrected chi connectivity index (χ4v) is 1.96. The van der Waals surface area contributed by atoms with Crippen LogP contribution in [0.1, 0.15) is 0 Å². The Kier molecular flexibility index (Phi) is 7.89. The quantitative estimate of drug-likeness (QED) is 0.209. The molecule has 11 heteroatoms. The first kappa shape index (κ1) is 20.3. The molecule has 1 heterocycles. The van der Waals surface area contributed by atoms with Gasteiger partial charge < -0.3 is 50.3 Å². The molecule has 8 atom stereocenters. The maximum absolute atomic E-state index is 11.6. The Morgan fingerprint density at radius 1 is 1.04 bits per heavy atom. The number of rotatable bonds is 8. The lowest BCUT2D eigenvalue weighted by atomic mass is 9.99. The molecule has 1 aliphatic rings. The van der Waals surface area contributed by atoms with Crippen LogP contribution in [0.4, 0.5) is 0 Å². The molecule has 0 saturated carbocycles. The summed E-state index contributed by atoms with van der Waals surface area (Å²) in [7, 11) is 0. The first-order valence-corrected chi connectivity index (χ1v) is 6.84. The molecular formula is C12H22O11. The van der Waals surface area contributed by atoms with Gasteiger partial charge in [0.2, 0.25) is 0 Å². The van der Waals surface area contributed by atoms with Gasteiger partial charge in [0.25, 0.3) is 0 Å². The Hall–Kier alpha value is -0.730. The predicted octanol–water partition coefficient (Wildman–Crippen LogP) is -5.55. The number of hydrogen-bond donors (Lipinski definition) is 8. The average molecular weight is 342 g/mol. The minimum absolute atomic E-state index is 0.678. The van der Waals surface area contributed by atoms with Crippen molar-refractivity contribution in [2.45, 2.75) is 49.0 Å². The minimum Gasteiger partial charge on any atom is -0.394 e. The molecular weight excluding hydrogens is 320 g/mol. The summed E-state index contributed by atoms with van der Waals surface area (Å²) < 4.78 is 9.85. The molecule has 0 bridgehead atoms. The van der Waals surface area contributed by atoms with Crippen molar-refractivity contribution in [2.24, 2.45) is 0 Å². The maximum Gasteiger partial charge on any atom is 0.189 e. The summed E-state index contributed by atoms with van der Waals surface area (Å²) in [4.78, 5) is 11.6. The van der Waals surface area contributed by atoms with E-state index >= 15 is 0 Å². The van der Waals surface area contributed by atoms with Gasteiger partial charge in [-0.05, 0) is 0 Å². The lowest BCUT2D eigenvalue weighted by Crippen LogP contribution is -2.59. The van der Waals surface area contributed by atoms with Crippen molar-refractivity contribution < 1.29 is 55.1 Å². The number of carbonyl (C=O) groups is 1. The molecule has 0 aromatic rings. The molecule has 0 aromatic carbocycles. The second kappa shape index (κ2) is 8.94. The molecule has 0 radical (unpaired) electrons. The van der Waals surface area contributed by atoms with Crippen LogP contribution in [0.25, 0.3) is 0 Å². The topological polar surface area (TPSA) is 197 Å². The van der Waals surface area contributed by atoms with Crippen LogP contribution in [0.5, 0.6) is 0 Å². The highest BCUT2D eigenvalue weighted by molar-refractivity contribution is 5.84. The van der Waals surface area contributed by atoms with Gasteiger partial charge in [-0.15, -0.1) is 0 Å². The van der Waals surface area contributed by atoms with Crippen LogP contribution >= 0.6 is 0 Å². The molecule has 136 valence electrons. The lowest BCUT2D eigenvalue weighted by molar-refractivity contribution is -0.299. The van der Waals surface area contributed by atoms with E-state index in [0.717, 1.165) is 0 Å². The van der Waals surface area contributed by atoms with Gasteiger partial charge in [-0.2, -0.15) is 0 Å². The monoisotopic (exact) mass is 342 g/mol. The van der Waals surface area contributed by atoms with Gasteiger partial charge >= 0.3 is 0 Å². The summed E-state index contributed by atoms with van der Waals surface area (Å²) in [5, 5.41) is 74.4. The Labute approximate surface area is 130 Å². The third-order valence-electron chi connectivity index (χ3n) is 3.47. The Balaban J connectivity index is 2.57. The van der Waals surface area contributed by atoms with Gasteiger partial charge in [0.1, 0.15) is 49.3 Å². The molecule has 11 nitrogen and oxygen atoms in total. The van der Waals surface area contributed by atoms with Crippen LogP contribution in [0.15, 0.2) is 0 Å². The molecule has 0 aromatic heterocycles. The van der Waals surface area contributed by atoms with Crippen molar-refractivity contribution in [2.75, 3.05) is 19.8 Å². The van der Waals surface area contributed by atoms with Gasteiger partial charge in [-0.1, -0.05) is 0 Å². The van der Waals surface area contributed by atoms with Gasteiger partial charge in [-0.3, -0.25) is 4.79 Å². The van der Waals surface area contributed by atoms with Crippen molar-refractivity contribution in [3.63, 3.8) is 0 Å². The summed E-state index contributed by atoms with van der Waals surface area (Å²) in [6.45, 7) is -2.42. The number of carbonyl (C=O) groups excluding carboxylic acids is 1.